The summed E-state index contributed by atoms with van der Waals surface area (Å²) in [7, 11) is 0. The molecule has 5 nitrogen and oxygen atoms in total. The molecule has 0 atom stereocenters. The Labute approximate surface area is 124 Å². The van der Waals surface area contributed by atoms with Crippen LogP contribution in [0.25, 0.3) is 0 Å². The highest BCUT2D eigenvalue weighted by Gasteiger charge is 2.24. The van der Waals surface area contributed by atoms with Gasteiger partial charge >= 0.3 is 0 Å². The van der Waals surface area contributed by atoms with E-state index in [9.17, 15) is 4.79 Å². The number of hydrogen-bond donors (Lipinski definition) is 0. The van der Waals surface area contributed by atoms with Gasteiger partial charge in [0.05, 0.1) is 6.54 Å². The normalized spacial score (nSPS) is 15.4. The van der Waals surface area contributed by atoms with Crippen LogP contribution in [0.2, 0.25) is 0 Å². The maximum absolute atomic E-state index is 12.3. The molecule has 2 aromatic rings. The fraction of sp³-hybridized carbons (Fsp3) is 0.312. The van der Waals surface area contributed by atoms with Crippen molar-refractivity contribution >= 4 is 11.7 Å². The van der Waals surface area contributed by atoms with Gasteiger partial charge in [0.15, 0.2) is 0 Å². The van der Waals surface area contributed by atoms with Crippen molar-refractivity contribution in [2.24, 2.45) is 0 Å². The number of nitrogens with zero attached hydrogens (tertiary/aromatic N) is 4. The Kier molecular flexibility index (Phi) is 3.81. The molecule has 0 aliphatic carbocycles. The maximum atomic E-state index is 12.3. The third kappa shape index (κ3) is 3.18. The second kappa shape index (κ2) is 5.91. The number of hydrogen-bond acceptors (Lipinski definition) is 4. The zero-order chi connectivity index (χ0) is 14.7. The fourth-order valence-corrected chi connectivity index (χ4v) is 2.49. The van der Waals surface area contributed by atoms with Crippen LogP contribution in [0.4, 0.5) is 5.82 Å². The molecule has 2 heterocycles. The van der Waals surface area contributed by atoms with Crippen molar-refractivity contribution < 1.29 is 4.79 Å². The largest absolute Gasteiger partial charge is 0.345 e. The molecule has 1 aromatic carbocycles. The van der Waals surface area contributed by atoms with Crippen LogP contribution in [0.15, 0.2) is 42.7 Å². The summed E-state index contributed by atoms with van der Waals surface area (Å²) in [5, 5.41) is 0. The molecular formula is C16H18N4O. The van der Waals surface area contributed by atoms with Gasteiger partial charge in [0.2, 0.25) is 5.91 Å². The van der Waals surface area contributed by atoms with Gasteiger partial charge in [0, 0.05) is 31.4 Å². The molecule has 0 unspecified atom stereocenters. The molecule has 1 aromatic heterocycles. The average Bonchev–Trinajstić information content (AvgIpc) is 2.50. The first-order valence-corrected chi connectivity index (χ1v) is 7.08. The van der Waals surface area contributed by atoms with E-state index in [1.807, 2.05) is 53.1 Å². The van der Waals surface area contributed by atoms with Gasteiger partial charge in [-0.15, -0.1) is 0 Å². The Hall–Kier alpha value is -2.43. The van der Waals surface area contributed by atoms with E-state index in [1.165, 1.54) is 0 Å². The summed E-state index contributed by atoms with van der Waals surface area (Å²) in [6, 6.07) is 12.0. The van der Waals surface area contributed by atoms with Crippen LogP contribution in [-0.4, -0.2) is 40.4 Å². The van der Waals surface area contributed by atoms with E-state index in [0.717, 1.165) is 30.2 Å². The standard InChI is InChI=1S/C16H18N4O/c1-13-9-15(18-12-17-13)19-7-8-20(16(21)11-19)10-14-5-3-2-4-6-14/h2-6,9,12H,7-8,10-11H2,1H3. The van der Waals surface area contributed by atoms with Gasteiger partial charge in [0.25, 0.3) is 0 Å². The molecule has 21 heavy (non-hydrogen) atoms. The average molecular weight is 282 g/mol. The van der Waals surface area contributed by atoms with E-state index < -0.39 is 0 Å². The summed E-state index contributed by atoms with van der Waals surface area (Å²) in [4.78, 5) is 24.6. The number of amides is 1. The molecular weight excluding hydrogens is 264 g/mol. The van der Waals surface area contributed by atoms with Gasteiger partial charge in [-0.1, -0.05) is 30.3 Å². The van der Waals surface area contributed by atoms with Crippen molar-refractivity contribution in [2.45, 2.75) is 13.5 Å². The molecule has 1 fully saturated rings. The lowest BCUT2D eigenvalue weighted by atomic mass is 10.2. The lowest BCUT2D eigenvalue weighted by molar-refractivity contribution is -0.131. The zero-order valence-corrected chi connectivity index (χ0v) is 12.1. The van der Waals surface area contributed by atoms with Gasteiger partial charge in [-0.2, -0.15) is 0 Å². The molecule has 1 saturated heterocycles. The van der Waals surface area contributed by atoms with Crippen LogP contribution < -0.4 is 4.90 Å². The molecule has 0 bridgehead atoms. The van der Waals surface area contributed by atoms with Crippen molar-refractivity contribution in [1.82, 2.24) is 14.9 Å². The molecule has 1 aliphatic rings. The first-order valence-electron chi connectivity index (χ1n) is 7.08. The highest BCUT2D eigenvalue weighted by molar-refractivity contribution is 5.82. The van der Waals surface area contributed by atoms with Crippen molar-refractivity contribution in [1.29, 1.82) is 0 Å². The van der Waals surface area contributed by atoms with Crippen LogP contribution in [0.3, 0.4) is 0 Å². The van der Waals surface area contributed by atoms with Gasteiger partial charge in [-0.3, -0.25) is 4.79 Å². The summed E-state index contributed by atoms with van der Waals surface area (Å²) in [6.07, 6.45) is 1.55. The Morgan fingerprint density at radius 2 is 1.95 bits per heavy atom. The Bertz CT molecular complexity index is 629. The van der Waals surface area contributed by atoms with Gasteiger partial charge < -0.3 is 9.80 Å². The Balaban J connectivity index is 1.66. The SMILES string of the molecule is Cc1cc(N2CCN(Cc3ccccc3)C(=O)C2)ncn1. The van der Waals surface area contributed by atoms with Gasteiger partial charge in [-0.05, 0) is 12.5 Å². The monoisotopic (exact) mass is 282 g/mol. The number of anilines is 1. The van der Waals surface area contributed by atoms with Crippen molar-refractivity contribution in [3.8, 4) is 0 Å². The summed E-state index contributed by atoms with van der Waals surface area (Å²) >= 11 is 0. The number of aromatic nitrogens is 2. The van der Waals surface area contributed by atoms with Crippen molar-refractivity contribution in [3.05, 3.63) is 54.0 Å². The third-order valence-electron chi connectivity index (χ3n) is 3.65. The second-order valence-corrected chi connectivity index (χ2v) is 5.24. The van der Waals surface area contributed by atoms with E-state index in [0.29, 0.717) is 13.1 Å². The first-order chi connectivity index (χ1) is 10.2. The number of aryl methyl sites for hydroxylation is 1. The molecule has 3 rings (SSSR count). The van der Waals surface area contributed by atoms with E-state index in [-0.39, 0.29) is 5.91 Å². The number of carbonyl (C=O) groups is 1. The fourth-order valence-electron chi connectivity index (χ4n) is 2.49. The molecule has 108 valence electrons. The highest BCUT2D eigenvalue weighted by Crippen LogP contribution is 2.15. The molecule has 0 N–H and O–H groups in total. The minimum atomic E-state index is 0.140. The van der Waals surface area contributed by atoms with Crippen molar-refractivity contribution in [3.63, 3.8) is 0 Å². The maximum Gasteiger partial charge on any atom is 0.242 e. The van der Waals surface area contributed by atoms with Crippen LogP contribution in [-0.2, 0) is 11.3 Å². The van der Waals surface area contributed by atoms with Crippen LogP contribution in [0.1, 0.15) is 11.3 Å². The van der Waals surface area contributed by atoms with Crippen LogP contribution in [0.5, 0.6) is 0 Å². The third-order valence-corrected chi connectivity index (χ3v) is 3.65. The summed E-state index contributed by atoms with van der Waals surface area (Å²) < 4.78 is 0. The van der Waals surface area contributed by atoms with Gasteiger partial charge in [0.1, 0.15) is 12.1 Å². The predicted octanol–water partition coefficient (Wildman–Crippen LogP) is 1.63. The molecule has 0 spiro atoms. The van der Waals surface area contributed by atoms with Crippen LogP contribution >= 0.6 is 0 Å². The van der Waals surface area contributed by atoms with E-state index in [2.05, 4.69) is 9.97 Å². The molecule has 5 heteroatoms. The molecule has 0 saturated carbocycles. The summed E-state index contributed by atoms with van der Waals surface area (Å²) in [5.74, 6) is 0.969. The smallest absolute Gasteiger partial charge is 0.242 e. The van der Waals surface area contributed by atoms with E-state index >= 15 is 0 Å². The highest BCUT2D eigenvalue weighted by atomic mass is 16.2. The number of benzene rings is 1. The Morgan fingerprint density at radius 3 is 2.67 bits per heavy atom. The second-order valence-electron chi connectivity index (χ2n) is 5.24. The predicted molar refractivity (Wildman–Crippen MR) is 80.8 cm³/mol. The first kappa shape index (κ1) is 13.5. The zero-order valence-electron chi connectivity index (χ0n) is 12.1. The summed E-state index contributed by atoms with van der Waals surface area (Å²) in [5.41, 5.74) is 2.08. The number of rotatable bonds is 3. The topological polar surface area (TPSA) is 49.3 Å². The lowest BCUT2D eigenvalue weighted by Gasteiger charge is -2.35. The molecule has 1 amide bonds. The molecule has 1 aliphatic heterocycles. The quantitative estimate of drug-likeness (QED) is 0.858. The Morgan fingerprint density at radius 1 is 1.14 bits per heavy atom. The minimum Gasteiger partial charge on any atom is -0.345 e. The van der Waals surface area contributed by atoms with Crippen LogP contribution in [0, 0.1) is 6.92 Å². The molecule has 0 radical (unpaired) electrons. The summed E-state index contributed by atoms with van der Waals surface area (Å²) in [6.45, 7) is 4.50. The number of piperazine rings is 1. The van der Waals surface area contributed by atoms with E-state index in [4.69, 9.17) is 0 Å². The lowest BCUT2D eigenvalue weighted by Crippen LogP contribution is -2.50. The number of carbonyl (C=O) groups excluding carboxylic acids is 1. The van der Waals surface area contributed by atoms with Gasteiger partial charge in [-0.25, -0.2) is 9.97 Å². The van der Waals surface area contributed by atoms with E-state index in [1.54, 1.807) is 6.33 Å². The van der Waals surface area contributed by atoms with Crippen molar-refractivity contribution in [2.75, 3.05) is 24.5 Å². The minimum absolute atomic E-state index is 0.140.